The highest BCUT2D eigenvalue weighted by molar-refractivity contribution is 5.95. The molecule has 12 heteroatoms. The Hall–Kier alpha value is -4.13. The molecule has 1 aliphatic carbocycles. The van der Waals surface area contributed by atoms with Crippen molar-refractivity contribution in [1.82, 2.24) is 20.4 Å². The fraction of sp³-hybridized carbons (Fsp3) is 0.575. The summed E-state index contributed by atoms with van der Waals surface area (Å²) in [6.45, 7) is 1.38. The molecule has 7 N–H and O–H groups in total. The van der Waals surface area contributed by atoms with Crippen molar-refractivity contribution >= 4 is 29.5 Å². The number of nitrogens with zero attached hydrogens (tertiary/aromatic N) is 2. The number of likely N-dealkylation sites (tertiary alicyclic amines) is 2. The summed E-state index contributed by atoms with van der Waals surface area (Å²) in [6.07, 6.45) is 7.73. The van der Waals surface area contributed by atoms with Crippen molar-refractivity contribution in [2.75, 3.05) is 26.2 Å². The summed E-state index contributed by atoms with van der Waals surface area (Å²) >= 11 is 0. The maximum absolute atomic E-state index is 14.3. The maximum Gasteiger partial charge on any atom is 0.317 e. The van der Waals surface area contributed by atoms with Gasteiger partial charge in [0, 0.05) is 37.5 Å². The van der Waals surface area contributed by atoms with Crippen LogP contribution in [-0.2, 0) is 36.8 Å². The molecule has 2 bridgehead atoms. The van der Waals surface area contributed by atoms with E-state index in [1.165, 1.54) is 0 Å². The van der Waals surface area contributed by atoms with Crippen molar-refractivity contribution in [3.8, 4) is 0 Å². The van der Waals surface area contributed by atoms with Crippen LogP contribution in [0.1, 0.15) is 75.3 Å². The van der Waals surface area contributed by atoms with Gasteiger partial charge in [-0.2, -0.15) is 0 Å². The van der Waals surface area contributed by atoms with Crippen LogP contribution in [-0.4, -0.2) is 101 Å². The average molecular weight is 717 g/mol. The van der Waals surface area contributed by atoms with Crippen LogP contribution in [0.4, 0.5) is 0 Å². The predicted molar refractivity (Wildman–Crippen MR) is 198 cm³/mol. The Morgan fingerprint density at radius 1 is 0.788 bits per heavy atom. The number of carboxylic acids is 1. The molecule has 52 heavy (non-hydrogen) atoms. The Kier molecular flexibility index (Phi) is 14.4. The van der Waals surface area contributed by atoms with Crippen LogP contribution in [0, 0.1) is 11.8 Å². The van der Waals surface area contributed by atoms with E-state index in [0.717, 1.165) is 49.7 Å². The molecule has 0 radical (unpaired) electrons. The number of nitrogens with two attached hydrogens (primary N) is 2. The zero-order chi connectivity index (χ0) is 37.0. The third-order valence-electron chi connectivity index (χ3n) is 11.0. The van der Waals surface area contributed by atoms with E-state index in [4.69, 9.17) is 11.5 Å². The second-order valence-electron chi connectivity index (χ2n) is 14.9. The highest BCUT2D eigenvalue weighted by Gasteiger charge is 2.49. The summed E-state index contributed by atoms with van der Waals surface area (Å²) in [6, 6.07) is 16.3. The molecule has 3 amide bonds. The third-order valence-corrected chi connectivity index (χ3v) is 11.0. The van der Waals surface area contributed by atoms with Crippen molar-refractivity contribution in [3.05, 3.63) is 71.8 Å². The number of piperidine rings is 1. The minimum Gasteiger partial charge on any atom is -0.480 e. The number of benzene rings is 2. The first-order valence-corrected chi connectivity index (χ1v) is 19.1. The van der Waals surface area contributed by atoms with E-state index in [0.29, 0.717) is 45.3 Å². The first-order chi connectivity index (χ1) is 25.1. The van der Waals surface area contributed by atoms with Gasteiger partial charge in [-0.25, -0.2) is 0 Å². The molecule has 12 nitrogen and oxygen atoms in total. The number of carboxylic acid groups (broad SMARTS) is 1. The summed E-state index contributed by atoms with van der Waals surface area (Å²) in [4.78, 5) is 71.1. The van der Waals surface area contributed by atoms with Gasteiger partial charge in [-0.15, -0.1) is 0 Å². The fourth-order valence-corrected chi connectivity index (χ4v) is 8.29. The molecule has 6 atom stereocenters. The van der Waals surface area contributed by atoms with E-state index in [1.54, 1.807) is 0 Å². The summed E-state index contributed by atoms with van der Waals surface area (Å²) in [5.41, 5.74) is 13.9. The monoisotopic (exact) mass is 716 g/mol. The first-order valence-electron chi connectivity index (χ1n) is 19.1. The molecule has 2 aliphatic heterocycles. The number of rotatable bonds is 19. The molecule has 3 fully saturated rings. The third kappa shape index (κ3) is 10.7. The number of piperazine rings is 1. The van der Waals surface area contributed by atoms with Crippen molar-refractivity contribution in [3.63, 3.8) is 0 Å². The molecule has 0 aromatic heterocycles. The lowest BCUT2D eigenvalue weighted by Crippen LogP contribution is -2.72. The van der Waals surface area contributed by atoms with Gasteiger partial charge in [0.1, 0.15) is 6.04 Å². The molecule has 1 saturated carbocycles. The minimum absolute atomic E-state index is 0.0288. The van der Waals surface area contributed by atoms with Crippen LogP contribution in [0.25, 0.3) is 0 Å². The van der Waals surface area contributed by atoms with E-state index < -0.39 is 35.9 Å². The quantitative estimate of drug-likeness (QED) is 0.136. The molecule has 2 saturated heterocycles. The molecule has 5 rings (SSSR count). The second kappa shape index (κ2) is 19.1. The van der Waals surface area contributed by atoms with Gasteiger partial charge in [-0.05, 0) is 75.0 Å². The van der Waals surface area contributed by atoms with Gasteiger partial charge in [0.05, 0.1) is 18.6 Å². The summed E-state index contributed by atoms with van der Waals surface area (Å²) in [5, 5.41) is 15.3. The number of hydrogen-bond acceptors (Lipinski definition) is 8. The van der Waals surface area contributed by atoms with E-state index >= 15 is 0 Å². The number of carbonyl (C=O) groups excluding carboxylic acids is 4. The second-order valence-corrected chi connectivity index (χ2v) is 14.9. The van der Waals surface area contributed by atoms with Crippen LogP contribution in [0.2, 0.25) is 0 Å². The van der Waals surface area contributed by atoms with Gasteiger partial charge >= 0.3 is 5.97 Å². The Morgan fingerprint density at radius 2 is 1.38 bits per heavy atom. The SMILES string of the molecule is NCCCCC(NC(=O)C(CC(=O)C(Cc1ccccc1)NC(=O)C(N)Cc1ccccc1)C1CCCCC1)C(=O)N1C2CC1CN(CC(=O)O)C2. The van der Waals surface area contributed by atoms with Crippen LogP contribution < -0.4 is 22.1 Å². The van der Waals surface area contributed by atoms with Gasteiger partial charge in [0.15, 0.2) is 5.78 Å². The Labute approximate surface area is 307 Å². The Morgan fingerprint density at radius 3 is 1.98 bits per heavy atom. The number of fused-ring (bicyclic) bond motifs is 2. The zero-order valence-electron chi connectivity index (χ0n) is 30.2. The molecule has 2 aromatic carbocycles. The molecule has 3 aliphatic rings. The van der Waals surface area contributed by atoms with Gasteiger partial charge in [0.2, 0.25) is 17.7 Å². The van der Waals surface area contributed by atoms with Gasteiger partial charge < -0.3 is 32.1 Å². The van der Waals surface area contributed by atoms with Crippen molar-refractivity contribution in [2.45, 2.75) is 107 Å². The van der Waals surface area contributed by atoms with Crippen LogP contribution >= 0.6 is 0 Å². The van der Waals surface area contributed by atoms with Crippen molar-refractivity contribution in [1.29, 1.82) is 0 Å². The number of nitrogens with one attached hydrogen (secondary N) is 2. The lowest BCUT2D eigenvalue weighted by atomic mass is 9.76. The van der Waals surface area contributed by atoms with Crippen molar-refractivity contribution < 1.29 is 29.1 Å². The number of ketones is 1. The summed E-state index contributed by atoms with van der Waals surface area (Å²) < 4.78 is 0. The minimum atomic E-state index is -0.894. The van der Waals surface area contributed by atoms with Crippen molar-refractivity contribution in [2.24, 2.45) is 23.3 Å². The highest BCUT2D eigenvalue weighted by atomic mass is 16.4. The van der Waals surface area contributed by atoms with Gasteiger partial charge in [-0.3, -0.25) is 28.9 Å². The molecule has 282 valence electrons. The number of unbranched alkanes of at least 4 members (excludes halogenated alkanes) is 1. The fourth-order valence-electron chi connectivity index (χ4n) is 8.29. The largest absolute Gasteiger partial charge is 0.480 e. The number of amides is 3. The first kappa shape index (κ1) is 39.1. The topological polar surface area (TPSA) is 188 Å². The zero-order valence-corrected chi connectivity index (χ0v) is 30.2. The highest BCUT2D eigenvalue weighted by Crippen LogP contribution is 2.35. The van der Waals surface area contributed by atoms with E-state index in [2.05, 4.69) is 10.6 Å². The lowest BCUT2D eigenvalue weighted by molar-refractivity contribution is -0.159. The standard InChI is InChI=1S/C40H56N6O6/c41-19-11-10-18-34(40(52)46-30-22-31(46)25-45(24-30)26-37(48)49)43-38(50)32(29-16-8-3-9-17-29)23-36(47)35(21-28-14-6-2-7-15-28)44-39(51)33(42)20-27-12-4-1-5-13-27/h1-2,4-7,12-15,29-35H,3,8-11,16-26,41-42H2,(H,43,50)(H,44,51)(H,48,49). The summed E-state index contributed by atoms with van der Waals surface area (Å²) in [7, 11) is 0. The normalized spacial score (nSPS) is 21.2. The smallest absolute Gasteiger partial charge is 0.317 e. The average Bonchev–Trinajstić information content (AvgIpc) is 3.13. The lowest BCUT2D eigenvalue weighted by Gasteiger charge is -2.56. The van der Waals surface area contributed by atoms with Crippen LogP contribution in [0.15, 0.2) is 60.7 Å². The molecule has 0 spiro atoms. The maximum atomic E-state index is 14.3. The Balaban J connectivity index is 1.31. The number of aliphatic carboxylic acids is 1. The van der Waals surface area contributed by atoms with E-state index in [1.807, 2.05) is 70.5 Å². The number of hydrogen-bond donors (Lipinski definition) is 5. The number of Topliss-reactive ketones (excluding diaryl/α,β-unsaturated/α-hetero) is 1. The molecule has 2 aromatic rings. The van der Waals surface area contributed by atoms with Crippen LogP contribution in [0.3, 0.4) is 0 Å². The predicted octanol–water partition coefficient (Wildman–Crippen LogP) is 2.42. The molecule has 6 unspecified atom stereocenters. The number of carbonyl (C=O) groups is 5. The molecular formula is C40H56N6O6. The van der Waals surface area contributed by atoms with Crippen LogP contribution in [0.5, 0.6) is 0 Å². The van der Waals surface area contributed by atoms with Gasteiger partial charge in [-0.1, -0.05) is 79.9 Å². The summed E-state index contributed by atoms with van der Waals surface area (Å²) in [5.74, 6) is -2.71. The molecular weight excluding hydrogens is 660 g/mol. The van der Waals surface area contributed by atoms with Gasteiger partial charge in [0.25, 0.3) is 0 Å². The molecule has 2 heterocycles. The Bertz CT molecular complexity index is 1490. The van der Waals surface area contributed by atoms with E-state index in [-0.39, 0.29) is 55.0 Å². The van der Waals surface area contributed by atoms with E-state index in [9.17, 15) is 29.1 Å².